The van der Waals surface area contributed by atoms with E-state index in [0.717, 1.165) is 33.4 Å². The number of amides is 2. The van der Waals surface area contributed by atoms with Crippen LogP contribution in [0.3, 0.4) is 0 Å². The molecule has 0 heterocycles. The lowest BCUT2D eigenvalue weighted by Crippen LogP contribution is -2.48. The Morgan fingerprint density at radius 3 is 1.50 bits per heavy atom. The maximum atomic E-state index is 13.7. The van der Waals surface area contributed by atoms with Gasteiger partial charge in [0, 0.05) is 12.8 Å². The highest BCUT2D eigenvalue weighted by molar-refractivity contribution is 5.88. The van der Waals surface area contributed by atoms with Crippen molar-refractivity contribution in [3.05, 3.63) is 143 Å². The van der Waals surface area contributed by atoms with Gasteiger partial charge in [-0.3, -0.25) is 9.59 Å². The summed E-state index contributed by atoms with van der Waals surface area (Å²) in [6.07, 6.45) is 0.482. The minimum Gasteiger partial charge on any atom is -0.368 e. The van der Waals surface area contributed by atoms with Gasteiger partial charge in [0.15, 0.2) is 0 Å². The van der Waals surface area contributed by atoms with Gasteiger partial charge in [0.2, 0.25) is 11.8 Å². The van der Waals surface area contributed by atoms with Crippen LogP contribution in [0, 0.1) is 13.8 Å². The molecule has 0 fully saturated rings. The van der Waals surface area contributed by atoms with Crippen LogP contribution < -0.4 is 11.1 Å². The molecule has 0 aliphatic rings. The molecule has 4 rings (SSSR count). The molecule has 4 heteroatoms. The van der Waals surface area contributed by atoms with Crippen molar-refractivity contribution in [2.75, 3.05) is 0 Å². The van der Waals surface area contributed by atoms with E-state index in [1.807, 2.05) is 86.6 Å². The van der Waals surface area contributed by atoms with E-state index in [0.29, 0.717) is 6.42 Å². The van der Waals surface area contributed by atoms with Crippen LogP contribution in [-0.4, -0.2) is 17.9 Å². The maximum absolute atomic E-state index is 13.7. The number of primary amides is 1. The van der Waals surface area contributed by atoms with Crippen molar-refractivity contribution < 1.29 is 9.59 Å². The average molecular weight is 477 g/mol. The molecule has 0 bridgehead atoms. The van der Waals surface area contributed by atoms with Gasteiger partial charge < -0.3 is 11.1 Å². The fourth-order valence-electron chi connectivity index (χ4n) is 5.06. The summed E-state index contributed by atoms with van der Waals surface area (Å²) >= 11 is 0. The van der Waals surface area contributed by atoms with E-state index >= 15 is 0 Å². The number of nitrogens with two attached hydrogens (primary N) is 1. The second-order valence-electron chi connectivity index (χ2n) is 9.28. The first-order chi connectivity index (χ1) is 17.4. The number of carbonyl (C=O) groups is 2. The maximum Gasteiger partial charge on any atom is 0.240 e. The Hall–Kier alpha value is -4.18. The quantitative estimate of drug-likeness (QED) is 0.324. The molecular weight excluding hydrogens is 444 g/mol. The van der Waals surface area contributed by atoms with Crippen molar-refractivity contribution in [3.8, 4) is 0 Å². The number of hydrogen-bond acceptors (Lipinski definition) is 2. The monoisotopic (exact) mass is 476 g/mol. The molecule has 36 heavy (non-hydrogen) atoms. The van der Waals surface area contributed by atoms with E-state index < -0.39 is 17.4 Å². The van der Waals surface area contributed by atoms with Crippen molar-refractivity contribution in [1.29, 1.82) is 0 Å². The molecule has 3 N–H and O–H groups in total. The molecule has 182 valence electrons. The Morgan fingerprint density at radius 2 is 1.11 bits per heavy atom. The van der Waals surface area contributed by atoms with Gasteiger partial charge in [-0.2, -0.15) is 0 Å². The molecule has 0 aromatic heterocycles. The van der Waals surface area contributed by atoms with Crippen LogP contribution in [0.15, 0.2) is 109 Å². The molecular formula is C32H32N2O2. The van der Waals surface area contributed by atoms with Crippen molar-refractivity contribution in [1.82, 2.24) is 5.32 Å². The highest BCUT2D eigenvalue weighted by Gasteiger charge is 2.39. The van der Waals surface area contributed by atoms with Gasteiger partial charge in [-0.15, -0.1) is 0 Å². The number of nitrogens with one attached hydrogen (secondary N) is 1. The molecule has 4 aromatic rings. The third kappa shape index (κ3) is 5.23. The summed E-state index contributed by atoms with van der Waals surface area (Å²) in [4.78, 5) is 26.2. The number of aryl methyl sites for hydroxylation is 2. The van der Waals surface area contributed by atoms with Crippen LogP contribution in [0.1, 0.15) is 39.8 Å². The van der Waals surface area contributed by atoms with Crippen molar-refractivity contribution in [2.45, 2.75) is 38.1 Å². The van der Waals surface area contributed by atoms with Crippen molar-refractivity contribution in [2.24, 2.45) is 5.73 Å². The summed E-state index contributed by atoms with van der Waals surface area (Å²) in [6, 6.07) is 35.3. The van der Waals surface area contributed by atoms with Gasteiger partial charge in [0.1, 0.15) is 6.04 Å². The molecule has 0 radical (unpaired) electrons. The molecule has 4 aromatic carbocycles. The standard InChI is InChI=1S/C32H32N2O2/c1-23-13-12-14-24(2)28(23)21-29(31(33)36)34-30(35)22-32(25-15-6-3-7-16-25,26-17-8-4-9-18-26)27-19-10-5-11-20-27/h3-20,29H,21-22H2,1-2H3,(H2,33,36)(H,34,35)/t29-/m0/s1. The lowest BCUT2D eigenvalue weighted by atomic mass is 9.67. The third-order valence-electron chi connectivity index (χ3n) is 6.96. The summed E-state index contributed by atoms with van der Waals surface area (Å²) in [5, 5.41) is 2.97. The number of hydrogen-bond donors (Lipinski definition) is 2. The Morgan fingerprint density at radius 1 is 0.694 bits per heavy atom. The molecule has 0 saturated carbocycles. The zero-order chi connectivity index (χ0) is 25.5. The molecule has 0 saturated heterocycles. The minimum atomic E-state index is -0.808. The molecule has 0 unspecified atom stereocenters. The lowest BCUT2D eigenvalue weighted by molar-refractivity contribution is -0.127. The first-order valence-electron chi connectivity index (χ1n) is 12.2. The topological polar surface area (TPSA) is 72.2 Å². The van der Waals surface area contributed by atoms with E-state index in [-0.39, 0.29) is 12.3 Å². The SMILES string of the molecule is Cc1cccc(C)c1C[C@H](NC(=O)CC(c1ccccc1)(c1ccccc1)c1ccccc1)C(N)=O. The fourth-order valence-corrected chi connectivity index (χ4v) is 5.06. The van der Waals surface area contributed by atoms with E-state index in [9.17, 15) is 9.59 Å². The molecule has 0 aliphatic heterocycles. The number of rotatable bonds is 9. The Bertz CT molecular complexity index is 1200. The predicted molar refractivity (Wildman–Crippen MR) is 145 cm³/mol. The van der Waals surface area contributed by atoms with E-state index in [1.54, 1.807) is 0 Å². The second kappa shape index (κ2) is 11.0. The molecule has 0 spiro atoms. The smallest absolute Gasteiger partial charge is 0.240 e. The normalized spacial score (nSPS) is 12.1. The summed E-state index contributed by atoms with van der Waals surface area (Å²) in [6.45, 7) is 4.01. The van der Waals surface area contributed by atoms with Crippen molar-refractivity contribution >= 4 is 11.8 Å². The fraction of sp³-hybridized carbons (Fsp3) is 0.188. The highest BCUT2D eigenvalue weighted by atomic mass is 16.2. The highest BCUT2D eigenvalue weighted by Crippen LogP contribution is 2.42. The van der Waals surface area contributed by atoms with Gasteiger partial charge in [-0.1, -0.05) is 109 Å². The Balaban J connectivity index is 1.74. The summed E-state index contributed by atoms with van der Waals surface area (Å²) in [7, 11) is 0. The predicted octanol–water partition coefficient (Wildman–Crippen LogP) is 5.24. The van der Waals surface area contributed by atoms with Crippen LogP contribution in [-0.2, 0) is 21.4 Å². The second-order valence-corrected chi connectivity index (χ2v) is 9.28. The van der Waals surface area contributed by atoms with Crippen LogP contribution in [0.2, 0.25) is 0 Å². The van der Waals surface area contributed by atoms with Gasteiger partial charge in [0.05, 0.1) is 5.41 Å². The minimum absolute atomic E-state index is 0.127. The molecule has 4 nitrogen and oxygen atoms in total. The van der Waals surface area contributed by atoms with Gasteiger partial charge >= 0.3 is 0 Å². The first kappa shape index (κ1) is 24.9. The van der Waals surface area contributed by atoms with Gasteiger partial charge in [0.25, 0.3) is 0 Å². The molecule has 1 atom stereocenters. The largest absolute Gasteiger partial charge is 0.368 e. The van der Waals surface area contributed by atoms with Gasteiger partial charge in [-0.05, 0) is 47.2 Å². The molecule has 0 aliphatic carbocycles. The average Bonchev–Trinajstić information content (AvgIpc) is 2.90. The van der Waals surface area contributed by atoms with Crippen LogP contribution >= 0.6 is 0 Å². The van der Waals surface area contributed by atoms with Crippen molar-refractivity contribution in [3.63, 3.8) is 0 Å². The third-order valence-corrected chi connectivity index (χ3v) is 6.96. The summed E-state index contributed by atoms with van der Waals surface area (Å²) in [5.41, 5.74) is 11.2. The molecule has 2 amide bonds. The van der Waals surface area contributed by atoms with E-state index in [4.69, 9.17) is 5.73 Å². The summed E-state index contributed by atoms with van der Waals surface area (Å²) < 4.78 is 0. The number of benzene rings is 4. The Kier molecular flexibility index (Phi) is 7.65. The van der Waals surface area contributed by atoms with Crippen LogP contribution in [0.25, 0.3) is 0 Å². The zero-order valence-electron chi connectivity index (χ0n) is 20.8. The lowest BCUT2D eigenvalue weighted by Gasteiger charge is -2.36. The Labute approximate surface area is 213 Å². The summed E-state index contributed by atoms with van der Waals surface area (Å²) in [5.74, 6) is -0.780. The first-order valence-corrected chi connectivity index (χ1v) is 12.2. The zero-order valence-corrected chi connectivity index (χ0v) is 20.8. The van der Waals surface area contributed by atoms with E-state index in [2.05, 4.69) is 41.7 Å². The van der Waals surface area contributed by atoms with Crippen LogP contribution in [0.5, 0.6) is 0 Å². The number of carbonyl (C=O) groups excluding carboxylic acids is 2. The van der Waals surface area contributed by atoms with E-state index in [1.165, 1.54) is 0 Å². The van der Waals surface area contributed by atoms with Crippen LogP contribution in [0.4, 0.5) is 0 Å². The van der Waals surface area contributed by atoms with Gasteiger partial charge in [-0.25, -0.2) is 0 Å².